The van der Waals surface area contributed by atoms with E-state index in [1.165, 1.54) is 4.90 Å². The van der Waals surface area contributed by atoms with Crippen LogP contribution in [0.2, 0.25) is 0 Å². The van der Waals surface area contributed by atoms with Gasteiger partial charge in [0.05, 0.1) is 11.7 Å². The van der Waals surface area contributed by atoms with Crippen molar-refractivity contribution in [2.75, 3.05) is 12.8 Å². The number of amides is 1. The van der Waals surface area contributed by atoms with E-state index < -0.39 is 0 Å². The fourth-order valence-electron chi connectivity index (χ4n) is 3.73. The van der Waals surface area contributed by atoms with Crippen LogP contribution in [0.4, 0.5) is 0 Å². The van der Waals surface area contributed by atoms with Crippen LogP contribution in [0.25, 0.3) is 11.3 Å². The smallest absolute Gasteiger partial charge is 0.273 e. The molecule has 5 heteroatoms. The molecule has 1 aliphatic rings. The average molecular weight is 378 g/mol. The Bertz CT molecular complexity index is 947. The fraction of sp³-hybridized carbons (Fsp3) is 0.273. The van der Waals surface area contributed by atoms with Crippen molar-refractivity contribution in [1.29, 1.82) is 0 Å². The summed E-state index contributed by atoms with van der Waals surface area (Å²) in [6.45, 7) is 5.00. The zero-order chi connectivity index (χ0) is 19.0. The van der Waals surface area contributed by atoms with Gasteiger partial charge in [0.1, 0.15) is 5.69 Å². The molecule has 0 spiro atoms. The molecule has 1 aliphatic heterocycles. The van der Waals surface area contributed by atoms with Crippen molar-refractivity contribution >= 4 is 17.7 Å². The SMILES string of the molecule is CSc1ccc(C2c3c(-c4ccccc4)n[nH]c3C(=O)N2CC(C)C)cc1. The average Bonchev–Trinajstić information content (AvgIpc) is 3.22. The lowest BCUT2D eigenvalue weighted by Gasteiger charge is -2.28. The van der Waals surface area contributed by atoms with Crippen molar-refractivity contribution in [1.82, 2.24) is 15.1 Å². The van der Waals surface area contributed by atoms with Crippen molar-refractivity contribution in [2.24, 2.45) is 5.92 Å². The number of fused-ring (bicyclic) bond motifs is 1. The minimum Gasteiger partial charge on any atom is -0.326 e. The lowest BCUT2D eigenvalue weighted by molar-refractivity contribution is 0.0722. The Balaban J connectivity index is 1.86. The number of hydrogen-bond donors (Lipinski definition) is 1. The first-order valence-corrected chi connectivity index (χ1v) is 10.4. The topological polar surface area (TPSA) is 49.0 Å². The van der Waals surface area contributed by atoms with Crippen molar-refractivity contribution in [3.05, 3.63) is 71.4 Å². The molecule has 3 aromatic rings. The second kappa shape index (κ2) is 7.24. The van der Waals surface area contributed by atoms with Crippen molar-refractivity contribution in [3.63, 3.8) is 0 Å². The molecule has 1 unspecified atom stereocenters. The van der Waals surface area contributed by atoms with E-state index in [1.54, 1.807) is 11.8 Å². The van der Waals surface area contributed by atoms with Crippen LogP contribution < -0.4 is 0 Å². The van der Waals surface area contributed by atoms with Gasteiger partial charge < -0.3 is 4.90 Å². The summed E-state index contributed by atoms with van der Waals surface area (Å²) < 4.78 is 0. The molecule has 0 fully saturated rings. The Kier molecular flexibility index (Phi) is 4.79. The number of carbonyl (C=O) groups excluding carboxylic acids is 1. The molecule has 0 aliphatic carbocycles. The Labute approximate surface area is 164 Å². The number of aromatic amines is 1. The van der Waals surface area contributed by atoms with Crippen LogP contribution in [-0.4, -0.2) is 33.8 Å². The first kappa shape index (κ1) is 17.9. The van der Waals surface area contributed by atoms with Crippen LogP contribution in [0.1, 0.15) is 41.5 Å². The summed E-state index contributed by atoms with van der Waals surface area (Å²) in [7, 11) is 0. The molecule has 2 heterocycles. The Hall–Kier alpha value is -2.53. The van der Waals surface area contributed by atoms with Crippen LogP contribution >= 0.6 is 11.8 Å². The molecule has 1 atom stereocenters. The quantitative estimate of drug-likeness (QED) is 0.637. The van der Waals surface area contributed by atoms with E-state index in [9.17, 15) is 4.79 Å². The molecule has 0 bridgehead atoms. The molecule has 0 saturated carbocycles. The summed E-state index contributed by atoms with van der Waals surface area (Å²) in [5.74, 6) is 0.423. The number of nitrogens with one attached hydrogen (secondary N) is 1. The molecule has 4 nitrogen and oxygen atoms in total. The van der Waals surface area contributed by atoms with Crippen molar-refractivity contribution < 1.29 is 4.79 Å². The number of carbonyl (C=O) groups is 1. The Morgan fingerprint density at radius 1 is 1.11 bits per heavy atom. The van der Waals surface area contributed by atoms with Gasteiger partial charge in [-0.3, -0.25) is 9.89 Å². The maximum Gasteiger partial charge on any atom is 0.273 e. The number of aromatic nitrogens is 2. The second-order valence-electron chi connectivity index (χ2n) is 7.25. The van der Waals surface area contributed by atoms with Gasteiger partial charge in [0.15, 0.2) is 0 Å². The van der Waals surface area contributed by atoms with Gasteiger partial charge in [0.25, 0.3) is 5.91 Å². The van der Waals surface area contributed by atoms with Crippen molar-refractivity contribution in [3.8, 4) is 11.3 Å². The van der Waals surface area contributed by atoms with Crippen LogP contribution in [-0.2, 0) is 0 Å². The van der Waals surface area contributed by atoms with Gasteiger partial charge in [-0.1, -0.05) is 56.3 Å². The number of H-pyrrole nitrogens is 1. The third kappa shape index (κ3) is 3.16. The molecule has 1 amide bonds. The van der Waals surface area contributed by atoms with Crippen molar-refractivity contribution in [2.45, 2.75) is 24.8 Å². The number of hydrogen-bond acceptors (Lipinski definition) is 3. The molecule has 4 rings (SSSR count). The Morgan fingerprint density at radius 2 is 1.81 bits per heavy atom. The highest BCUT2D eigenvalue weighted by Gasteiger charge is 2.42. The van der Waals surface area contributed by atoms with E-state index in [0.29, 0.717) is 18.2 Å². The van der Waals surface area contributed by atoms with E-state index >= 15 is 0 Å². The molecule has 1 aromatic heterocycles. The zero-order valence-corrected chi connectivity index (χ0v) is 16.6. The predicted octanol–water partition coefficient (Wildman–Crippen LogP) is 5.00. The third-order valence-electron chi connectivity index (χ3n) is 4.90. The highest BCUT2D eigenvalue weighted by Crippen LogP contribution is 2.43. The van der Waals surface area contributed by atoms with Gasteiger partial charge in [-0.15, -0.1) is 11.8 Å². The molecule has 2 aromatic carbocycles. The zero-order valence-electron chi connectivity index (χ0n) is 15.8. The normalized spacial score (nSPS) is 16.2. The van der Waals surface area contributed by atoms with Crippen LogP contribution in [0, 0.1) is 5.92 Å². The van der Waals surface area contributed by atoms with E-state index in [1.807, 2.05) is 35.2 Å². The summed E-state index contributed by atoms with van der Waals surface area (Å²) in [6, 6.07) is 18.5. The lowest BCUT2D eigenvalue weighted by Crippen LogP contribution is -2.32. The summed E-state index contributed by atoms with van der Waals surface area (Å²) >= 11 is 1.72. The number of nitrogens with zero attached hydrogens (tertiary/aromatic N) is 2. The summed E-state index contributed by atoms with van der Waals surface area (Å²) in [5.41, 5.74) is 4.63. The minimum atomic E-state index is -0.111. The third-order valence-corrected chi connectivity index (χ3v) is 5.65. The maximum absolute atomic E-state index is 13.1. The first-order chi connectivity index (χ1) is 13.1. The molecule has 0 radical (unpaired) electrons. The van der Waals surface area contributed by atoms with Gasteiger partial charge in [-0.2, -0.15) is 5.10 Å². The Morgan fingerprint density at radius 3 is 2.44 bits per heavy atom. The minimum absolute atomic E-state index is 0.0346. The van der Waals surface area contributed by atoms with E-state index in [-0.39, 0.29) is 11.9 Å². The van der Waals surface area contributed by atoms with Gasteiger partial charge in [-0.05, 0) is 29.9 Å². The molecule has 138 valence electrons. The van der Waals surface area contributed by atoms with Crippen LogP contribution in [0.5, 0.6) is 0 Å². The molecular formula is C22H23N3OS. The van der Waals surface area contributed by atoms with Gasteiger partial charge >= 0.3 is 0 Å². The standard InChI is InChI=1S/C22H23N3OS/c1-14(2)13-25-21(16-9-11-17(27-3)12-10-16)18-19(15-7-5-4-6-8-15)23-24-20(18)22(25)26/h4-12,14,21H,13H2,1-3H3,(H,23,24). The fourth-order valence-corrected chi connectivity index (χ4v) is 4.14. The number of benzene rings is 2. The largest absolute Gasteiger partial charge is 0.326 e. The second-order valence-corrected chi connectivity index (χ2v) is 8.13. The van der Waals surface area contributed by atoms with E-state index in [2.05, 4.69) is 54.6 Å². The predicted molar refractivity (Wildman–Crippen MR) is 110 cm³/mol. The number of thioether (sulfide) groups is 1. The van der Waals surface area contributed by atoms with Crippen LogP contribution in [0.15, 0.2) is 59.5 Å². The van der Waals surface area contributed by atoms with Gasteiger partial charge in [0, 0.05) is 22.6 Å². The highest BCUT2D eigenvalue weighted by atomic mass is 32.2. The molecule has 1 N–H and O–H groups in total. The molecule has 0 saturated heterocycles. The van der Waals surface area contributed by atoms with E-state index in [4.69, 9.17) is 0 Å². The summed E-state index contributed by atoms with van der Waals surface area (Å²) in [4.78, 5) is 16.3. The summed E-state index contributed by atoms with van der Waals surface area (Å²) in [5, 5.41) is 7.52. The summed E-state index contributed by atoms with van der Waals surface area (Å²) in [6.07, 6.45) is 2.07. The lowest BCUT2D eigenvalue weighted by atomic mass is 9.96. The van der Waals surface area contributed by atoms with E-state index in [0.717, 1.165) is 22.4 Å². The molecule has 27 heavy (non-hydrogen) atoms. The van der Waals surface area contributed by atoms with Crippen LogP contribution in [0.3, 0.4) is 0 Å². The number of rotatable bonds is 5. The molecular weight excluding hydrogens is 354 g/mol. The first-order valence-electron chi connectivity index (χ1n) is 9.18. The maximum atomic E-state index is 13.1. The monoisotopic (exact) mass is 377 g/mol. The van der Waals surface area contributed by atoms with Gasteiger partial charge in [0.2, 0.25) is 0 Å². The highest BCUT2D eigenvalue weighted by molar-refractivity contribution is 7.98. The van der Waals surface area contributed by atoms with Gasteiger partial charge in [-0.25, -0.2) is 0 Å².